The Bertz CT molecular complexity index is 996. The van der Waals surface area contributed by atoms with Gasteiger partial charge in [-0.15, -0.1) is 24.0 Å². The number of rotatable bonds is 9. The summed E-state index contributed by atoms with van der Waals surface area (Å²) in [4.78, 5) is 7.09. The Morgan fingerprint density at radius 1 is 1.09 bits per heavy atom. The molecular weight excluding hydrogens is 515 g/mol. The third-order valence-electron chi connectivity index (χ3n) is 5.41. The van der Waals surface area contributed by atoms with Crippen molar-refractivity contribution in [1.82, 2.24) is 25.3 Å². The number of nitrogens with zero attached hydrogens (tertiary/aromatic N) is 4. The number of halogens is 1. The summed E-state index contributed by atoms with van der Waals surface area (Å²) in [5.41, 5.74) is 5.93. The quantitative estimate of drug-likeness (QED) is 0.238. The van der Waals surface area contributed by atoms with E-state index in [1.807, 2.05) is 30.8 Å². The molecule has 0 spiro atoms. The van der Waals surface area contributed by atoms with Gasteiger partial charge in [0.15, 0.2) is 5.96 Å². The number of aromatic nitrogens is 2. The van der Waals surface area contributed by atoms with Crippen LogP contribution in [0.15, 0.2) is 52.1 Å². The Morgan fingerprint density at radius 2 is 1.84 bits per heavy atom. The minimum Gasteiger partial charge on any atom is -0.468 e. The van der Waals surface area contributed by atoms with Gasteiger partial charge in [-0.2, -0.15) is 5.10 Å². The van der Waals surface area contributed by atoms with Gasteiger partial charge in [0.1, 0.15) is 5.76 Å². The van der Waals surface area contributed by atoms with E-state index >= 15 is 0 Å². The second kappa shape index (κ2) is 12.6. The molecule has 7 nitrogen and oxygen atoms in total. The van der Waals surface area contributed by atoms with Crippen LogP contribution in [-0.4, -0.2) is 34.2 Å². The highest BCUT2D eigenvalue weighted by Gasteiger charge is 2.11. The van der Waals surface area contributed by atoms with E-state index < -0.39 is 0 Å². The molecule has 0 fully saturated rings. The molecule has 0 radical (unpaired) electrons. The van der Waals surface area contributed by atoms with E-state index in [4.69, 9.17) is 9.41 Å². The van der Waals surface area contributed by atoms with Crippen LogP contribution in [0.2, 0.25) is 0 Å². The summed E-state index contributed by atoms with van der Waals surface area (Å²) in [7, 11) is 4.08. The Kier molecular flexibility index (Phi) is 10.2. The Balaban J connectivity index is 0.00000363. The summed E-state index contributed by atoms with van der Waals surface area (Å²) >= 11 is 0. The van der Waals surface area contributed by atoms with E-state index in [0.717, 1.165) is 37.0 Å². The van der Waals surface area contributed by atoms with Crippen molar-refractivity contribution in [3.63, 3.8) is 0 Å². The molecule has 32 heavy (non-hydrogen) atoms. The first-order valence-electron chi connectivity index (χ1n) is 10.8. The number of aryl methyl sites for hydroxylation is 2. The maximum absolute atomic E-state index is 5.47. The second-order valence-electron chi connectivity index (χ2n) is 7.84. The largest absolute Gasteiger partial charge is 0.468 e. The lowest BCUT2D eigenvalue weighted by molar-refractivity contribution is 0.287. The molecule has 0 saturated carbocycles. The minimum atomic E-state index is 0. The highest BCUT2D eigenvalue weighted by atomic mass is 127. The first-order valence-corrected chi connectivity index (χ1v) is 10.8. The second-order valence-corrected chi connectivity index (χ2v) is 7.84. The predicted molar refractivity (Wildman–Crippen MR) is 140 cm³/mol. The van der Waals surface area contributed by atoms with Crippen molar-refractivity contribution in [2.75, 3.05) is 13.6 Å². The molecule has 3 rings (SSSR count). The van der Waals surface area contributed by atoms with Crippen molar-refractivity contribution in [2.24, 2.45) is 12.0 Å². The van der Waals surface area contributed by atoms with Gasteiger partial charge in [-0.05, 0) is 51.1 Å². The van der Waals surface area contributed by atoms with E-state index in [-0.39, 0.29) is 24.0 Å². The SMILES string of the molecule is CCNC(=NCc1ccccc1CN(C)Cc1ccco1)NCc1c(C)nn(C)c1C.I. The van der Waals surface area contributed by atoms with Gasteiger partial charge in [0.25, 0.3) is 0 Å². The molecule has 2 heterocycles. The smallest absolute Gasteiger partial charge is 0.191 e. The fraction of sp³-hybridized carbons (Fsp3) is 0.417. The number of furan rings is 1. The molecule has 2 aromatic heterocycles. The molecule has 0 saturated heterocycles. The molecule has 3 aromatic rings. The van der Waals surface area contributed by atoms with E-state index in [0.29, 0.717) is 13.1 Å². The maximum Gasteiger partial charge on any atom is 0.191 e. The number of hydrogen-bond acceptors (Lipinski definition) is 4. The lowest BCUT2D eigenvalue weighted by Gasteiger charge is -2.18. The number of guanidine groups is 1. The average molecular weight is 550 g/mol. The molecule has 0 aliphatic heterocycles. The Hall–Kier alpha value is -2.33. The normalized spacial score (nSPS) is 11.5. The summed E-state index contributed by atoms with van der Waals surface area (Å²) in [5.74, 6) is 1.78. The molecule has 0 aliphatic carbocycles. The van der Waals surface area contributed by atoms with Gasteiger partial charge in [-0.25, -0.2) is 4.99 Å². The molecule has 174 valence electrons. The number of aliphatic imine (C=N–C) groups is 1. The predicted octanol–water partition coefficient (Wildman–Crippen LogP) is 4.14. The first kappa shape index (κ1) is 25.9. The molecule has 0 amide bonds. The standard InChI is InChI=1S/C24H34N6O.HI/c1-6-25-24(27-15-23-18(2)28-30(5)19(23)3)26-14-20-10-7-8-11-21(20)16-29(4)17-22-12-9-13-31-22;/h7-13H,6,14-17H2,1-5H3,(H2,25,26,27);1H. The van der Waals surface area contributed by atoms with Gasteiger partial charge in [-0.3, -0.25) is 9.58 Å². The monoisotopic (exact) mass is 550 g/mol. The lowest BCUT2D eigenvalue weighted by atomic mass is 10.1. The van der Waals surface area contributed by atoms with Crippen molar-refractivity contribution in [2.45, 2.75) is 47.0 Å². The number of nitrogens with one attached hydrogen (secondary N) is 2. The zero-order valence-electron chi connectivity index (χ0n) is 19.7. The Morgan fingerprint density at radius 3 is 2.47 bits per heavy atom. The van der Waals surface area contributed by atoms with Crippen LogP contribution in [-0.2, 0) is 33.2 Å². The highest BCUT2D eigenvalue weighted by molar-refractivity contribution is 14.0. The molecule has 0 bridgehead atoms. The molecule has 0 aliphatic rings. The summed E-state index contributed by atoms with van der Waals surface area (Å²) in [6.45, 7) is 9.96. The molecular formula is C24H35IN6O. The average Bonchev–Trinajstić information content (AvgIpc) is 3.33. The number of benzene rings is 1. The maximum atomic E-state index is 5.47. The van der Waals surface area contributed by atoms with Crippen LogP contribution in [0.25, 0.3) is 0 Å². The van der Waals surface area contributed by atoms with Gasteiger partial charge in [0.05, 0.1) is 25.0 Å². The van der Waals surface area contributed by atoms with E-state index in [9.17, 15) is 0 Å². The summed E-state index contributed by atoms with van der Waals surface area (Å²) in [6, 6.07) is 12.4. The third kappa shape index (κ3) is 7.09. The van der Waals surface area contributed by atoms with Crippen molar-refractivity contribution < 1.29 is 4.42 Å². The van der Waals surface area contributed by atoms with Gasteiger partial charge < -0.3 is 15.1 Å². The van der Waals surface area contributed by atoms with Crippen LogP contribution in [0.3, 0.4) is 0 Å². The zero-order chi connectivity index (χ0) is 22.2. The fourth-order valence-electron chi connectivity index (χ4n) is 3.63. The van der Waals surface area contributed by atoms with E-state index in [2.05, 4.69) is 65.8 Å². The van der Waals surface area contributed by atoms with Crippen LogP contribution < -0.4 is 10.6 Å². The van der Waals surface area contributed by atoms with Crippen molar-refractivity contribution in [1.29, 1.82) is 0 Å². The molecule has 8 heteroatoms. The molecule has 0 unspecified atom stereocenters. The zero-order valence-corrected chi connectivity index (χ0v) is 22.0. The van der Waals surface area contributed by atoms with Crippen molar-refractivity contribution in [3.05, 3.63) is 76.5 Å². The van der Waals surface area contributed by atoms with E-state index in [1.165, 1.54) is 22.4 Å². The van der Waals surface area contributed by atoms with E-state index in [1.54, 1.807) is 6.26 Å². The summed E-state index contributed by atoms with van der Waals surface area (Å²) < 4.78 is 7.40. The Labute approximate surface area is 208 Å². The van der Waals surface area contributed by atoms with Gasteiger partial charge >= 0.3 is 0 Å². The fourth-order valence-corrected chi connectivity index (χ4v) is 3.63. The summed E-state index contributed by atoms with van der Waals surface area (Å²) in [5, 5.41) is 11.3. The minimum absolute atomic E-state index is 0. The van der Waals surface area contributed by atoms with Crippen molar-refractivity contribution in [3.8, 4) is 0 Å². The van der Waals surface area contributed by atoms with Crippen LogP contribution in [0.4, 0.5) is 0 Å². The summed E-state index contributed by atoms with van der Waals surface area (Å²) in [6.07, 6.45) is 1.72. The first-order chi connectivity index (χ1) is 15.0. The van der Waals surface area contributed by atoms with Crippen LogP contribution in [0.5, 0.6) is 0 Å². The van der Waals surface area contributed by atoms with Gasteiger partial charge in [0.2, 0.25) is 0 Å². The molecule has 2 N–H and O–H groups in total. The molecule has 0 atom stereocenters. The topological polar surface area (TPSA) is 70.6 Å². The lowest BCUT2D eigenvalue weighted by Crippen LogP contribution is -2.37. The van der Waals surface area contributed by atoms with Crippen LogP contribution in [0.1, 0.15) is 40.8 Å². The number of hydrogen-bond donors (Lipinski definition) is 2. The highest BCUT2D eigenvalue weighted by Crippen LogP contribution is 2.15. The van der Waals surface area contributed by atoms with Gasteiger partial charge in [-0.1, -0.05) is 24.3 Å². The third-order valence-corrected chi connectivity index (χ3v) is 5.41. The van der Waals surface area contributed by atoms with Crippen LogP contribution >= 0.6 is 24.0 Å². The molecule has 1 aromatic carbocycles. The van der Waals surface area contributed by atoms with Gasteiger partial charge in [0, 0.05) is 37.9 Å². The van der Waals surface area contributed by atoms with Crippen molar-refractivity contribution >= 4 is 29.9 Å². The van der Waals surface area contributed by atoms with Crippen LogP contribution in [0, 0.1) is 13.8 Å².